The van der Waals surface area contributed by atoms with Crippen molar-refractivity contribution in [3.05, 3.63) is 29.8 Å². The fourth-order valence-corrected chi connectivity index (χ4v) is 3.91. The van der Waals surface area contributed by atoms with Gasteiger partial charge in [0.05, 0.1) is 0 Å². The predicted molar refractivity (Wildman–Crippen MR) is 70.1 cm³/mol. The van der Waals surface area contributed by atoms with Crippen LogP contribution in [0.25, 0.3) is 0 Å². The molecular weight excluding hydrogens is 222 g/mol. The number of nitrogens with one attached hydrogen (secondary N) is 1. The lowest BCUT2D eigenvalue weighted by Gasteiger charge is -2.24. The van der Waals surface area contributed by atoms with Gasteiger partial charge < -0.3 is 4.98 Å². The van der Waals surface area contributed by atoms with Gasteiger partial charge in [-0.05, 0) is 22.7 Å². The van der Waals surface area contributed by atoms with Crippen molar-refractivity contribution in [2.45, 2.75) is 33.1 Å². The van der Waals surface area contributed by atoms with E-state index in [2.05, 4.69) is 56.9 Å². The Balaban J connectivity index is 3.06. The highest BCUT2D eigenvalue weighted by Crippen LogP contribution is 2.20. The first-order valence-electron chi connectivity index (χ1n) is 5.33. The zero-order valence-electron chi connectivity index (χ0n) is 9.89. The maximum atomic E-state index is 6.41. The second-order valence-electron chi connectivity index (χ2n) is 4.64. The summed E-state index contributed by atoms with van der Waals surface area (Å²) in [5.74, 6) is 0. The normalized spacial score (nSPS) is 12.1. The van der Waals surface area contributed by atoms with Gasteiger partial charge in [0.2, 0.25) is 0 Å². The summed E-state index contributed by atoms with van der Waals surface area (Å²) < 4.78 is 0. The van der Waals surface area contributed by atoms with Gasteiger partial charge in [0.1, 0.15) is 0 Å². The van der Waals surface area contributed by atoms with Crippen LogP contribution in [0.5, 0.6) is 0 Å². The summed E-state index contributed by atoms with van der Waals surface area (Å²) in [7, 11) is -1.11. The second kappa shape index (κ2) is 5.15. The van der Waals surface area contributed by atoms with Gasteiger partial charge in [-0.2, -0.15) is 0 Å². The summed E-state index contributed by atoms with van der Waals surface area (Å²) >= 11 is 6.41. The molecular formula is C12H19ClNSi. The number of hydrogen-bond acceptors (Lipinski definition) is 1. The summed E-state index contributed by atoms with van der Waals surface area (Å²) in [4.78, 5) is 3.34. The molecule has 1 rings (SSSR count). The monoisotopic (exact) mass is 240 g/mol. The predicted octanol–water partition coefficient (Wildman–Crippen LogP) is 2.53. The minimum Gasteiger partial charge on any atom is -0.322 e. The molecule has 0 saturated heterocycles. The minimum absolute atomic E-state index is 0.164. The van der Waals surface area contributed by atoms with Crippen LogP contribution in [-0.4, -0.2) is 14.8 Å². The molecule has 0 bridgehead atoms. The molecule has 0 aliphatic heterocycles. The molecule has 0 fully saturated rings. The van der Waals surface area contributed by atoms with Crippen LogP contribution in [0.15, 0.2) is 24.3 Å². The number of benzene rings is 1. The van der Waals surface area contributed by atoms with E-state index in [4.69, 9.17) is 11.1 Å². The molecule has 3 heteroatoms. The minimum atomic E-state index is -1.11. The van der Waals surface area contributed by atoms with Crippen LogP contribution < -0.4 is 10.2 Å². The van der Waals surface area contributed by atoms with Crippen LogP contribution >= 0.6 is 11.1 Å². The first-order chi connectivity index (χ1) is 6.96. The Hall–Kier alpha value is -0.313. The molecule has 83 valence electrons. The van der Waals surface area contributed by atoms with Crippen molar-refractivity contribution < 1.29 is 0 Å². The highest BCUT2D eigenvalue weighted by molar-refractivity contribution is 7.13. The molecule has 1 radical (unpaired) electrons. The fourth-order valence-electron chi connectivity index (χ4n) is 1.58. The Kier molecular flexibility index (Phi) is 4.38. The molecule has 0 aromatic heterocycles. The van der Waals surface area contributed by atoms with Crippen molar-refractivity contribution in [1.29, 1.82) is 0 Å². The summed E-state index contributed by atoms with van der Waals surface area (Å²) in [6.45, 7) is 9.69. The zero-order valence-corrected chi connectivity index (χ0v) is 11.7. The highest BCUT2D eigenvalue weighted by Gasteiger charge is 2.22. The van der Waals surface area contributed by atoms with Crippen molar-refractivity contribution in [3.63, 3.8) is 0 Å². The van der Waals surface area contributed by atoms with Gasteiger partial charge in [0.25, 0.3) is 8.27 Å². The summed E-state index contributed by atoms with van der Waals surface area (Å²) in [5, 5.41) is 1.29. The summed E-state index contributed by atoms with van der Waals surface area (Å²) in [6.07, 6.45) is 0. The lowest BCUT2D eigenvalue weighted by Crippen LogP contribution is -2.43. The van der Waals surface area contributed by atoms with E-state index in [9.17, 15) is 0 Å². The molecule has 0 unspecified atom stereocenters. The second-order valence-corrected chi connectivity index (χ2v) is 7.29. The van der Waals surface area contributed by atoms with E-state index in [1.54, 1.807) is 0 Å². The Morgan fingerprint density at radius 2 is 1.87 bits per heavy atom. The standard InChI is InChI=1S/C12H19ClNSi/c1-5-14-15(13)11-9-7-6-8-10(11)12(2,3)4/h6-9,14H,5H2,1-4H3. The summed E-state index contributed by atoms with van der Waals surface area (Å²) in [5.41, 5.74) is 1.52. The van der Waals surface area contributed by atoms with E-state index in [1.165, 1.54) is 10.8 Å². The Labute approximate surface area is 99.2 Å². The molecule has 0 heterocycles. The van der Waals surface area contributed by atoms with Crippen molar-refractivity contribution in [1.82, 2.24) is 4.98 Å². The molecule has 1 N–H and O–H groups in total. The van der Waals surface area contributed by atoms with Crippen molar-refractivity contribution in [3.8, 4) is 0 Å². The highest BCUT2D eigenvalue weighted by atomic mass is 35.6. The largest absolute Gasteiger partial charge is 0.322 e. The number of hydrogen-bond donors (Lipinski definition) is 1. The van der Waals surface area contributed by atoms with Crippen molar-refractivity contribution in [2.24, 2.45) is 0 Å². The van der Waals surface area contributed by atoms with Crippen molar-refractivity contribution >= 4 is 24.5 Å². The van der Waals surface area contributed by atoms with E-state index < -0.39 is 8.27 Å². The third-order valence-electron chi connectivity index (χ3n) is 2.30. The van der Waals surface area contributed by atoms with Crippen LogP contribution in [0.1, 0.15) is 33.3 Å². The lowest BCUT2D eigenvalue weighted by atomic mass is 9.87. The third kappa shape index (κ3) is 3.33. The zero-order chi connectivity index (χ0) is 11.5. The average molecular weight is 241 g/mol. The number of halogens is 1. The van der Waals surface area contributed by atoms with Gasteiger partial charge in [-0.15, -0.1) is 11.1 Å². The fraction of sp³-hybridized carbons (Fsp3) is 0.500. The van der Waals surface area contributed by atoms with Crippen molar-refractivity contribution in [2.75, 3.05) is 6.54 Å². The van der Waals surface area contributed by atoms with E-state index >= 15 is 0 Å². The Morgan fingerprint density at radius 3 is 2.40 bits per heavy atom. The third-order valence-corrected chi connectivity index (χ3v) is 4.89. The van der Waals surface area contributed by atoms with Crippen LogP contribution in [0.3, 0.4) is 0 Å². The summed E-state index contributed by atoms with van der Waals surface area (Å²) in [6, 6.07) is 8.47. The van der Waals surface area contributed by atoms with Crippen LogP contribution in [0.2, 0.25) is 0 Å². The van der Waals surface area contributed by atoms with E-state index in [1.807, 2.05) is 0 Å². The van der Waals surface area contributed by atoms with Gasteiger partial charge in [0.15, 0.2) is 0 Å². The molecule has 0 saturated carbocycles. The van der Waals surface area contributed by atoms with Crippen LogP contribution in [0, 0.1) is 0 Å². The van der Waals surface area contributed by atoms with Gasteiger partial charge in [-0.3, -0.25) is 0 Å². The van der Waals surface area contributed by atoms with Crippen LogP contribution in [-0.2, 0) is 5.41 Å². The van der Waals surface area contributed by atoms with Gasteiger partial charge in [0, 0.05) is 0 Å². The molecule has 1 aromatic rings. The first kappa shape index (κ1) is 12.8. The topological polar surface area (TPSA) is 12.0 Å². The SMILES string of the molecule is CCN[Si](Cl)c1ccccc1C(C)(C)C. The van der Waals surface area contributed by atoms with E-state index in [0.717, 1.165) is 6.54 Å². The average Bonchev–Trinajstić information content (AvgIpc) is 2.17. The smallest absolute Gasteiger partial charge is 0.284 e. The maximum Gasteiger partial charge on any atom is 0.284 e. The lowest BCUT2D eigenvalue weighted by molar-refractivity contribution is 0.594. The molecule has 0 spiro atoms. The Bertz CT molecular complexity index is 320. The molecule has 1 aromatic carbocycles. The molecule has 0 aliphatic rings. The first-order valence-corrected chi connectivity index (χ1v) is 7.84. The van der Waals surface area contributed by atoms with Gasteiger partial charge in [-0.1, -0.05) is 52.0 Å². The van der Waals surface area contributed by atoms with Crippen LogP contribution in [0.4, 0.5) is 0 Å². The Morgan fingerprint density at radius 1 is 1.27 bits per heavy atom. The van der Waals surface area contributed by atoms with Gasteiger partial charge in [-0.25, -0.2) is 0 Å². The quantitative estimate of drug-likeness (QED) is 0.633. The van der Waals surface area contributed by atoms with Gasteiger partial charge >= 0.3 is 0 Å². The molecule has 0 atom stereocenters. The van der Waals surface area contributed by atoms with E-state index in [0.29, 0.717) is 0 Å². The maximum absolute atomic E-state index is 6.41. The molecule has 15 heavy (non-hydrogen) atoms. The molecule has 1 nitrogen and oxygen atoms in total. The van der Waals surface area contributed by atoms with E-state index in [-0.39, 0.29) is 5.41 Å². The number of rotatable bonds is 3. The molecule has 0 aliphatic carbocycles. The molecule has 0 amide bonds.